The van der Waals surface area contributed by atoms with Crippen LogP contribution in [0.15, 0.2) is 53.4 Å². The van der Waals surface area contributed by atoms with Crippen LogP contribution in [-0.2, 0) is 14.8 Å². The van der Waals surface area contributed by atoms with Gasteiger partial charge >= 0.3 is 0 Å². The number of hydrogen-bond acceptors (Lipinski definition) is 5. The van der Waals surface area contributed by atoms with Crippen molar-refractivity contribution in [2.45, 2.75) is 56.5 Å². The molecule has 1 heterocycles. The molecule has 0 bridgehead atoms. The minimum Gasteiger partial charge on any atom is -0.496 e. The first-order valence-corrected chi connectivity index (χ1v) is 12.5. The zero-order valence-electron chi connectivity index (χ0n) is 19.2. The van der Waals surface area contributed by atoms with Gasteiger partial charge in [-0.05, 0) is 63.1 Å². The summed E-state index contributed by atoms with van der Waals surface area (Å²) in [5.74, 6) is -0.150. The molecule has 3 rings (SSSR count). The molecule has 0 aromatic heterocycles. The van der Waals surface area contributed by atoms with Gasteiger partial charge in [-0.15, -0.1) is 0 Å². The monoisotopic (exact) mass is 473 g/mol. The second kappa shape index (κ2) is 10.8. The molecule has 0 aliphatic carbocycles. The van der Waals surface area contributed by atoms with Crippen LogP contribution in [0.25, 0.3) is 0 Å². The first kappa shape index (κ1) is 24.7. The van der Waals surface area contributed by atoms with E-state index in [2.05, 4.69) is 10.6 Å². The Bertz CT molecular complexity index is 1080. The number of benzene rings is 2. The Balaban J connectivity index is 1.54. The second-order valence-electron chi connectivity index (χ2n) is 8.24. The number of piperidine rings is 1. The molecule has 0 spiro atoms. The highest BCUT2D eigenvalue weighted by molar-refractivity contribution is 7.89. The summed E-state index contributed by atoms with van der Waals surface area (Å²) in [5.41, 5.74) is 0.893. The van der Waals surface area contributed by atoms with Crippen LogP contribution in [0.1, 0.15) is 49.9 Å². The summed E-state index contributed by atoms with van der Waals surface area (Å²) in [6.45, 7) is 4.03. The standard InChI is InChI=1S/C24H31N3O5S/c1-17-7-6-8-18(2)27(17)33(30,31)20-13-11-19(12-14-20)26-23(28)15-16-25-24(29)21-9-4-5-10-22(21)32-3/h4-5,9-14,17-18H,6-8,15-16H2,1-3H3,(H,25,29)(H,26,28)/t17-,18-/m1/s1. The van der Waals surface area contributed by atoms with Crippen molar-refractivity contribution in [2.75, 3.05) is 19.0 Å². The van der Waals surface area contributed by atoms with Gasteiger partial charge in [0.2, 0.25) is 15.9 Å². The average Bonchev–Trinajstić information content (AvgIpc) is 2.79. The maximum absolute atomic E-state index is 13.1. The molecular formula is C24H31N3O5S. The number of anilines is 1. The number of hydrogen-bond donors (Lipinski definition) is 2. The highest BCUT2D eigenvalue weighted by atomic mass is 32.2. The van der Waals surface area contributed by atoms with Crippen molar-refractivity contribution in [1.29, 1.82) is 0 Å². The number of nitrogens with zero attached hydrogens (tertiary/aromatic N) is 1. The zero-order valence-corrected chi connectivity index (χ0v) is 20.0. The van der Waals surface area contributed by atoms with Crippen LogP contribution < -0.4 is 15.4 Å². The largest absolute Gasteiger partial charge is 0.496 e. The van der Waals surface area contributed by atoms with Gasteiger partial charge in [0.1, 0.15) is 5.75 Å². The lowest BCUT2D eigenvalue weighted by Gasteiger charge is -2.37. The Hall–Kier alpha value is -2.91. The Morgan fingerprint density at radius 3 is 2.30 bits per heavy atom. The summed E-state index contributed by atoms with van der Waals surface area (Å²) in [7, 11) is -2.11. The van der Waals surface area contributed by atoms with Crippen molar-refractivity contribution in [3.05, 3.63) is 54.1 Å². The topological polar surface area (TPSA) is 105 Å². The SMILES string of the molecule is COc1ccccc1C(=O)NCCC(=O)Nc1ccc(S(=O)(=O)N2[C@H](C)CCC[C@H]2C)cc1. The molecule has 2 aromatic carbocycles. The quantitative estimate of drug-likeness (QED) is 0.611. The Labute approximate surface area is 195 Å². The summed E-state index contributed by atoms with van der Waals surface area (Å²) in [6, 6.07) is 13.0. The molecule has 178 valence electrons. The number of para-hydroxylation sites is 1. The van der Waals surface area contributed by atoms with Crippen LogP contribution in [0.2, 0.25) is 0 Å². The highest BCUT2D eigenvalue weighted by Gasteiger charge is 2.35. The number of carbonyl (C=O) groups excluding carboxylic acids is 2. The van der Waals surface area contributed by atoms with E-state index in [1.807, 2.05) is 13.8 Å². The molecule has 1 aliphatic rings. The fourth-order valence-electron chi connectivity index (χ4n) is 4.14. The van der Waals surface area contributed by atoms with E-state index in [0.717, 1.165) is 19.3 Å². The van der Waals surface area contributed by atoms with Crippen LogP contribution in [0.3, 0.4) is 0 Å². The van der Waals surface area contributed by atoms with Gasteiger partial charge in [-0.2, -0.15) is 4.31 Å². The van der Waals surface area contributed by atoms with E-state index in [-0.39, 0.29) is 41.8 Å². The number of methoxy groups -OCH3 is 1. The Kier molecular flexibility index (Phi) is 8.10. The predicted octanol–water partition coefficient (Wildman–Crippen LogP) is 3.41. The molecule has 0 radical (unpaired) electrons. The number of sulfonamides is 1. The summed E-state index contributed by atoms with van der Waals surface area (Å²) in [6.07, 6.45) is 2.80. The van der Waals surface area contributed by atoms with Gasteiger partial charge in [-0.1, -0.05) is 18.6 Å². The maximum atomic E-state index is 13.1. The smallest absolute Gasteiger partial charge is 0.255 e. The summed E-state index contributed by atoms with van der Waals surface area (Å²) in [5, 5.41) is 5.43. The van der Waals surface area contributed by atoms with Gasteiger partial charge in [0, 0.05) is 30.7 Å². The van der Waals surface area contributed by atoms with Crippen molar-refractivity contribution in [1.82, 2.24) is 9.62 Å². The van der Waals surface area contributed by atoms with E-state index in [1.165, 1.54) is 19.2 Å². The van der Waals surface area contributed by atoms with Crippen molar-refractivity contribution in [3.8, 4) is 5.75 Å². The summed E-state index contributed by atoms with van der Waals surface area (Å²) in [4.78, 5) is 24.8. The van der Waals surface area contributed by atoms with Gasteiger partial charge in [0.25, 0.3) is 5.91 Å². The second-order valence-corrected chi connectivity index (χ2v) is 10.1. The van der Waals surface area contributed by atoms with Gasteiger partial charge in [0.05, 0.1) is 17.6 Å². The highest BCUT2D eigenvalue weighted by Crippen LogP contribution is 2.30. The molecule has 2 atom stereocenters. The summed E-state index contributed by atoms with van der Waals surface area (Å²) >= 11 is 0. The molecule has 0 unspecified atom stereocenters. The molecule has 0 saturated carbocycles. The maximum Gasteiger partial charge on any atom is 0.255 e. The van der Waals surface area contributed by atoms with Gasteiger partial charge < -0.3 is 15.4 Å². The molecule has 1 fully saturated rings. The average molecular weight is 474 g/mol. The van der Waals surface area contributed by atoms with Crippen LogP contribution in [-0.4, -0.2) is 50.3 Å². The van der Waals surface area contributed by atoms with E-state index in [9.17, 15) is 18.0 Å². The van der Waals surface area contributed by atoms with E-state index < -0.39 is 10.0 Å². The molecule has 2 amide bonds. The van der Waals surface area contributed by atoms with Crippen molar-refractivity contribution in [2.24, 2.45) is 0 Å². The fourth-order valence-corrected chi connectivity index (χ4v) is 6.03. The van der Waals surface area contributed by atoms with E-state index in [0.29, 0.717) is 17.0 Å². The predicted molar refractivity (Wildman–Crippen MR) is 127 cm³/mol. The molecule has 9 heteroatoms. The van der Waals surface area contributed by atoms with E-state index >= 15 is 0 Å². The molecule has 1 saturated heterocycles. The van der Waals surface area contributed by atoms with Crippen molar-refractivity contribution < 1.29 is 22.7 Å². The molecule has 33 heavy (non-hydrogen) atoms. The molecule has 2 aromatic rings. The number of amides is 2. The normalized spacial score (nSPS) is 19.0. The first-order valence-electron chi connectivity index (χ1n) is 11.1. The van der Waals surface area contributed by atoms with Gasteiger partial charge in [-0.25, -0.2) is 8.42 Å². The van der Waals surface area contributed by atoms with E-state index in [1.54, 1.807) is 40.7 Å². The summed E-state index contributed by atoms with van der Waals surface area (Å²) < 4.78 is 33.0. The van der Waals surface area contributed by atoms with E-state index in [4.69, 9.17) is 4.74 Å². The third kappa shape index (κ3) is 5.91. The van der Waals surface area contributed by atoms with Crippen molar-refractivity contribution >= 4 is 27.5 Å². The third-order valence-corrected chi connectivity index (χ3v) is 7.96. The minimum atomic E-state index is -3.60. The number of carbonyl (C=O) groups is 2. The Morgan fingerprint density at radius 2 is 1.67 bits per heavy atom. The number of nitrogens with one attached hydrogen (secondary N) is 2. The lowest BCUT2D eigenvalue weighted by Crippen LogP contribution is -2.47. The van der Waals surface area contributed by atoms with Crippen molar-refractivity contribution in [3.63, 3.8) is 0 Å². The molecular weight excluding hydrogens is 442 g/mol. The zero-order chi connectivity index (χ0) is 24.0. The van der Waals surface area contributed by atoms with Crippen LogP contribution in [0, 0.1) is 0 Å². The molecule has 2 N–H and O–H groups in total. The number of ether oxygens (including phenoxy) is 1. The lowest BCUT2D eigenvalue weighted by atomic mass is 10.0. The molecule has 8 nitrogen and oxygen atoms in total. The van der Waals surface area contributed by atoms with Gasteiger partial charge in [0.15, 0.2) is 0 Å². The minimum absolute atomic E-state index is 0.0378. The molecule has 1 aliphatic heterocycles. The Morgan fingerprint density at radius 1 is 1.03 bits per heavy atom. The lowest BCUT2D eigenvalue weighted by molar-refractivity contribution is -0.116. The fraction of sp³-hybridized carbons (Fsp3) is 0.417. The first-order chi connectivity index (χ1) is 15.7. The van der Waals surface area contributed by atoms with Gasteiger partial charge in [-0.3, -0.25) is 9.59 Å². The third-order valence-electron chi connectivity index (χ3n) is 5.82. The van der Waals surface area contributed by atoms with Crippen LogP contribution in [0.4, 0.5) is 5.69 Å². The number of rotatable bonds is 8. The van der Waals surface area contributed by atoms with Crippen LogP contribution >= 0.6 is 0 Å². The van der Waals surface area contributed by atoms with Crippen LogP contribution in [0.5, 0.6) is 5.75 Å².